The molecule has 2 N–H and O–H groups in total. The number of phenols is 1. The maximum Gasteiger partial charge on any atom is 0.115 e. The minimum absolute atomic E-state index is 0.132. The van der Waals surface area contributed by atoms with Gasteiger partial charge in [-0.05, 0) is 41.7 Å². The molecule has 0 radical (unpaired) electrons. The van der Waals surface area contributed by atoms with Gasteiger partial charge in [0.05, 0.1) is 0 Å². The fraction of sp³-hybridized carbons (Fsp3) is 0.400. The molecule has 0 bridgehead atoms. The molecule has 114 valence electrons. The Bertz CT molecular complexity index is 659. The molecule has 0 saturated heterocycles. The second-order valence-corrected chi connectivity index (χ2v) is 6.76. The van der Waals surface area contributed by atoms with Gasteiger partial charge >= 0.3 is 0 Å². The lowest BCUT2D eigenvalue weighted by Crippen LogP contribution is -2.50. The normalized spacial score (nSPS) is 23.2. The van der Waals surface area contributed by atoms with Gasteiger partial charge in [0.25, 0.3) is 0 Å². The fourth-order valence-electron chi connectivity index (χ4n) is 4.36. The lowest BCUT2D eigenvalue weighted by atomic mass is 9.69. The number of rotatable bonds is 1. The van der Waals surface area contributed by atoms with E-state index in [1.165, 1.54) is 48.8 Å². The first-order chi connectivity index (χ1) is 10.8. The van der Waals surface area contributed by atoms with E-state index in [4.69, 9.17) is 0 Å². The van der Waals surface area contributed by atoms with Crippen molar-refractivity contribution in [1.29, 1.82) is 0 Å². The molecule has 0 amide bonds. The molecule has 4 rings (SSSR count). The van der Waals surface area contributed by atoms with Crippen LogP contribution < -0.4 is 5.32 Å². The molecule has 1 heterocycles. The van der Waals surface area contributed by atoms with Crippen molar-refractivity contribution in [1.82, 2.24) is 5.32 Å². The number of aromatic hydroxyl groups is 1. The van der Waals surface area contributed by atoms with Crippen molar-refractivity contribution < 1.29 is 5.11 Å². The molecule has 2 nitrogen and oxygen atoms in total. The maximum absolute atomic E-state index is 10.0. The average Bonchev–Trinajstić information content (AvgIpc) is 2.57. The number of hydrogen-bond donors (Lipinski definition) is 2. The Morgan fingerprint density at radius 1 is 0.955 bits per heavy atom. The van der Waals surface area contributed by atoms with Crippen LogP contribution in [0.2, 0.25) is 0 Å². The monoisotopic (exact) mass is 293 g/mol. The predicted octanol–water partition coefficient (Wildman–Crippen LogP) is 4.29. The van der Waals surface area contributed by atoms with E-state index in [1.54, 1.807) is 0 Å². The van der Waals surface area contributed by atoms with Gasteiger partial charge in [0.15, 0.2) is 0 Å². The Morgan fingerprint density at radius 3 is 2.50 bits per heavy atom. The molecule has 2 aliphatic rings. The third-order valence-corrected chi connectivity index (χ3v) is 5.48. The molecule has 1 aliphatic heterocycles. The van der Waals surface area contributed by atoms with E-state index in [0.717, 1.165) is 6.54 Å². The number of hydrogen-bond acceptors (Lipinski definition) is 2. The zero-order chi connectivity index (χ0) is 15.0. The molecule has 1 spiro atoms. The van der Waals surface area contributed by atoms with Gasteiger partial charge in [-0.1, -0.05) is 55.7 Å². The summed E-state index contributed by atoms with van der Waals surface area (Å²) < 4.78 is 0. The average molecular weight is 293 g/mol. The van der Waals surface area contributed by atoms with Gasteiger partial charge in [0.1, 0.15) is 5.75 Å². The second kappa shape index (κ2) is 5.44. The van der Waals surface area contributed by atoms with Crippen LogP contribution in [-0.2, 0) is 5.54 Å². The van der Waals surface area contributed by atoms with Crippen LogP contribution >= 0.6 is 0 Å². The predicted molar refractivity (Wildman–Crippen MR) is 89.2 cm³/mol. The lowest BCUT2D eigenvalue weighted by Gasteiger charge is -2.45. The van der Waals surface area contributed by atoms with Gasteiger partial charge in [-0.3, -0.25) is 0 Å². The molecule has 2 aromatic carbocycles. The van der Waals surface area contributed by atoms with Gasteiger partial charge in [-0.2, -0.15) is 0 Å². The van der Waals surface area contributed by atoms with E-state index >= 15 is 0 Å². The van der Waals surface area contributed by atoms with Crippen molar-refractivity contribution in [2.45, 2.75) is 43.6 Å². The van der Waals surface area contributed by atoms with Crippen molar-refractivity contribution in [2.24, 2.45) is 0 Å². The van der Waals surface area contributed by atoms with Crippen LogP contribution in [0.1, 0.15) is 54.7 Å². The summed E-state index contributed by atoms with van der Waals surface area (Å²) in [5.41, 5.74) is 4.18. The zero-order valence-electron chi connectivity index (χ0n) is 12.9. The summed E-state index contributed by atoms with van der Waals surface area (Å²) in [7, 11) is 0. The smallest absolute Gasteiger partial charge is 0.115 e. The van der Waals surface area contributed by atoms with Gasteiger partial charge in [-0.25, -0.2) is 0 Å². The summed E-state index contributed by atoms with van der Waals surface area (Å²) in [6.45, 7) is 0.959. The Kier molecular flexibility index (Phi) is 3.42. The van der Waals surface area contributed by atoms with E-state index < -0.39 is 0 Å². The number of benzene rings is 2. The lowest BCUT2D eigenvalue weighted by molar-refractivity contribution is 0.217. The third kappa shape index (κ3) is 2.22. The van der Waals surface area contributed by atoms with Crippen molar-refractivity contribution in [3.8, 4) is 5.75 Å². The molecule has 1 aliphatic carbocycles. The molecule has 1 fully saturated rings. The van der Waals surface area contributed by atoms with Crippen LogP contribution in [0, 0.1) is 0 Å². The van der Waals surface area contributed by atoms with E-state index in [2.05, 4.69) is 41.7 Å². The molecule has 1 saturated carbocycles. The summed E-state index contributed by atoms with van der Waals surface area (Å²) >= 11 is 0. The van der Waals surface area contributed by atoms with Crippen molar-refractivity contribution in [3.05, 3.63) is 65.2 Å². The Labute approximate surface area is 132 Å². The molecule has 1 atom stereocenters. The van der Waals surface area contributed by atoms with E-state index in [-0.39, 0.29) is 5.54 Å². The minimum Gasteiger partial charge on any atom is -0.508 e. The van der Waals surface area contributed by atoms with E-state index in [9.17, 15) is 5.11 Å². The maximum atomic E-state index is 10.0. The molecule has 2 heteroatoms. The molecular weight excluding hydrogens is 270 g/mol. The van der Waals surface area contributed by atoms with Crippen molar-refractivity contribution >= 4 is 0 Å². The SMILES string of the molecule is Oc1ccc2c(c1)C(c1ccccc1)CNC21CCCCC1. The number of phenolic OH excluding ortho intramolecular Hbond substituents is 1. The number of fused-ring (bicyclic) bond motifs is 2. The first-order valence-electron chi connectivity index (χ1n) is 8.42. The summed E-state index contributed by atoms with van der Waals surface area (Å²) in [5, 5.41) is 13.9. The van der Waals surface area contributed by atoms with Gasteiger partial charge in [0, 0.05) is 18.0 Å². The fourth-order valence-corrected chi connectivity index (χ4v) is 4.36. The highest BCUT2D eigenvalue weighted by atomic mass is 16.3. The quantitative estimate of drug-likeness (QED) is 0.822. The Hall–Kier alpha value is -1.80. The Morgan fingerprint density at radius 2 is 1.73 bits per heavy atom. The zero-order valence-corrected chi connectivity index (χ0v) is 12.9. The van der Waals surface area contributed by atoms with Crippen LogP contribution in [0.25, 0.3) is 0 Å². The standard InChI is InChI=1S/C20H23NO/c22-16-9-10-19-17(13-16)18(15-7-3-1-4-8-15)14-21-20(19)11-5-2-6-12-20/h1,3-4,7-10,13,18,21-22H,2,5-6,11-12,14H2. The van der Waals surface area contributed by atoms with E-state index in [0.29, 0.717) is 11.7 Å². The third-order valence-electron chi connectivity index (χ3n) is 5.48. The topological polar surface area (TPSA) is 32.3 Å². The first kappa shape index (κ1) is 13.8. The first-order valence-corrected chi connectivity index (χ1v) is 8.42. The molecular formula is C20H23NO. The molecule has 0 aromatic heterocycles. The van der Waals surface area contributed by atoms with Crippen molar-refractivity contribution in [2.75, 3.05) is 6.54 Å². The highest BCUT2D eigenvalue weighted by Gasteiger charge is 2.40. The molecule has 2 aromatic rings. The van der Waals surface area contributed by atoms with Crippen molar-refractivity contribution in [3.63, 3.8) is 0 Å². The van der Waals surface area contributed by atoms with Crippen LogP contribution in [0.5, 0.6) is 5.75 Å². The van der Waals surface area contributed by atoms with Crippen LogP contribution in [0.3, 0.4) is 0 Å². The Balaban J connectivity index is 1.82. The minimum atomic E-state index is 0.132. The van der Waals surface area contributed by atoms with Gasteiger partial charge in [0.2, 0.25) is 0 Å². The summed E-state index contributed by atoms with van der Waals surface area (Å²) in [6, 6.07) is 16.6. The summed E-state index contributed by atoms with van der Waals surface area (Å²) in [6.07, 6.45) is 6.37. The van der Waals surface area contributed by atoms with Crippen LogP contribution in [0.4, 0.5) is 0 Å². The number of nitrogens with one attached hydrogen (secondary N) is 1. The van der Waals surface area contributed by atoms with E-state index in [1.807, 2.05) is 12.1 Å². The highest BCUT2D eigenvalue weighted by molar-refractivity contribution is 5.48. The molecule has 22 heavy (non-hydrogen) atoms. The van der Waals surface area contributed by atoms with Crippen LogP contribution in [-0.4, -0.2) is 11.7 Å². The molecule has 1 unspecified atom stereocenters. The van der Waals surface area contributed by atoms with Gasteiger partial charge in [-0.15, -0.1) is 0 Å². The largest absolute Gasteiger partial charge is 0.508 e. The van der Waals surface area contributed by atoms with Crippen LogP contribution in [0.15, 0.2) is 48.5 Å². The summed E-state index contributed by atoms with van der Waals surface area (Å²) in [5.74, 6) is 0.711. The summed E-state index contributed by atoms with van der Waals surface area (Å²) in [4.78, 5) is 0. The highest BCUT2D eigenvalue weighted by Crippen LogP contribution is 2.45. The van der Waals surface area contributed by atoms with Gasteiger partial charge < -0.3 is 10.4 Å². The second-order valence-electron chi connectivity index (χ2n) is 6.76.